The number of ketones is 1. The van der Waals surface area contributed by atoms with Gasteiger partial charge in [0.15, 0.2) is 5.60 Å². The number of carbonyl (C=O) groups excluding carboxylic acids is 2. The summed E-state index contributed by atoms with van der Waals surface area (Å²) in [5, 5.41) is 15.8. The fourth-order valence-electron chi connectivity index (χ4n) is 3.18. The summed E-state index contributed by atoms with van der Waals surface area (Å²) in [5.41, 5.74) is -0.983. The van der Waals surface area contributed by atoms with Gasteiger partial charge in [0.2, 0.25) is 11.5 Å². The molecule has 0 saturated carbocycles. The van der Waals surface area contributed by atoms with Crippen LogP contribution in [0.5, 0.6) is 0 Å². The summed E-state index contributed by atoms with van der Waals surface area (Å²) in [4.78, 5) is 37.3. The van der Waals surface area contributed by atoms with Gasteiger partial charge in [-0.1, -0.05) is 35.9 Å². The predicted molar refractivity (Wildman–Crippen MR) is 93.5 cm³/mol. The molecule has 1 amide bonds. The van der Waals surface area contributed by atoms with Crippen LogP contribution in [0.3, 0.4) is 0 Å². The lowest BCUT2D eigenvalue weighted by Gasteiger charge is -2.18. The van der Waals surface area contributed by atoms with Gasteiger partial charge in [-0.25, -0.2) is 4.79 Å². The third-order valence-corrected chi connectivity index (χ3v) is 4.62. The van der Waals surface area contributed by atoms with Crippen LogP contribution in [0.4, 0.5) is 5.69 Å². The van der Waals surface area contributed by atoms with Gasteiger partial charge in [-0.3, -0.25) is 14.1 Å². The van der Waals surface area contributed by atoms with E-state index in [0.29, 0.717) is 16.9 Å². The average molecular weight is 366 g/mol. The van der Waals surface area contributed by atoms with Crippen molar-refractivity contribution in [3.63, 3.8) is 0 Å². The molecule has 1 atom stereocenters. The van der Waals surface area contributed by atoms with Gasteiger partial charge in [0.25, 0.3) is 5.91 Å². The molecule has 0 bridgehead atoms. The second kappa shape index (κ2) is 6.03. The summed E-state index contributed by atoms with van der Waals surface area (Å²) >= 11 is 0. The molecule has 8 nitrogen and oxygen atoms in total. The van der Waals surface area contributed by atoms with Crippen molar-refractivity contribution < 1.29 is 23.9 Å². The third-order valence-electron chi connectivity index (χ3n) is 4.62. The molecule has 136 valence electrons. The number of anilines is 1. The lowest BCUT2D eigenvalue weighted by Crippen LogP contribution is -2.44. The maximum atomic E-state index is 12.9. The fraction of sp³-hybridized carbons (Fsp3) is 0.158. The van der Waals surface area contributed by atoms with E-state index in [9.17, 15) is 19.5 Å². The van der Waals surface area contributed by atoms with Gasteiger partial charge in [-0.15, -0.1) is 0 Å². The Balaban J connectivity index is 1.73. The second-order valence-corrected chi connectivity index (χ2v) is 6.46. The minimum absolute atomic E-state index is 0.296. The number of fused-ring (bicyclic) bond motifs is 1. The summed E-state index contributed by atoms with van der Waals surface area (Å²) in [6.07, 6.45) is -0.593. The summed E-state index contributed by atoms with van der Waals surface area (Å²) in [6, 6.07) is 13.6. The molecule has 27 heavy (non-hydrogen) atoms. The number of aliphatic hydroxyl groups is 1. The lowest BCUT2D eigenvalue weighted by molar-refractivity contribution is -0.672. The normalized spacial score (nSPS) is 18.2. The monoisotopic (exact) mass is 366 g/mol. The first-order valence-corrected chi connectivity index (χ1v) is 8.27. The van der Waals surface area contributed by atoms with Gasteiger partial charge in [0.05, 0.1) is 6.42 Å². The fourth-order valence-corrected chi connectivity index (χ4v) is 3.18. The smallest absolute Gasteiger partial charge is 0.375 e. The van der Waals surface area contributed by atoms with Gasteiger partial charge >= 0.3 is 11.3 Å². The number of nitrogens with one attached hydrogen (secondary N) is 2. The molecule has 1 aromatic heterocycles. The molecule has 0 aliphatic carbocycles. The van der Waals surface area contributed by atoms with Gasteiger partial charge in [-0.2, -0.15) is 0 Å². The summed E-state index contributed by atoms with van der Waals surface area (Å²) in [5.74, 6) is -1.43. The number of carbonyl (C=O) groups is 2. The third kappa shape index (κ3) is 2.67. The van der Waals surface area contributed by atoms with Crippen LogP contribution in [0.1, 0.15) is 28.0 Å². The van der Waals surface area contributed by atoms with Crippen LogP contribution in [0.15, 0.2) is 57.8 Å². The molecule has 4 rings (SSSR count). The zero-order valence-electron chi connectivity index (χ0n) is 14.4. The number of nitrogens with zero attached hydrogens (tertiary/aromatic N) is 1. The highest BCUT2D eigenvalue weighted by atomic mass is 16.5. The Kier molecular flexibility index (Phi) is 3.78. The molecule has 3 aromatic rings. The van der Waals surface area contributed by atoms with Crippen LogP contribution in [-0.4, -0.2) is 22.1 Å². The van der Waals surface area contributed by atoms with Crippen molar-refractivity contribution in [2.75, 3.05) is 5.32 Å². The van der Waals surface area contributed by atoms with Crippen molar-refractivity contribution in [3.05, 3.63) is 75.8 Å². The van der Waals surface area contributed by atoms with Gasteiger partial charge in [-0.05, 0) is 22.9 Å². The van der Waals surface area contributed by atoms with Crippen LogP contribution >= 0.6 is 0 Å². The molecule has 8 heteroatoms. The topological polar surface area (TPSA) is 116 Å². The molecule has 2 heterocycles. The number of Topliss-reactive ketones (excluding diaryl/α,β-unsaturated/α-hetero) is 1. The molecular formula is C19H16N3O5+. The average Bonchev–Trinajstić information content (AvgIpc) is 3.14. The molecule has 1 aliphatic heterocycles. The van der Waals surface area contributed by atoms with Crippen molar-refractivity contribution in [2.45, 2.75) is 18.9 Å². The Hall–Kier alpha value is -3.52. The second-order valence-electron chi connectivity index (χ2n) is 6.46. The van der Waals surface area contributed by atoms with E-state index in [1.54, 1.807) is 36.4 Å². The SMILES string of the molecule is Cc1ccc(-[n+]2[nH]oc(=O)c2C(=O)CC2(O)C(=O)Nc3ccccc32)cc1. The van der Waals surface area contributed by atoms with E-state index in [-0.39, 0.29) is 5.69 Å². The van der Waals surface area contributed by atoms with E-state index in [1.165, 1.54) is 4.68 Å². The summed E-state index contributed by atoms with van der Waals surface area (Å²) < 4.78 is 5.98. The van der Waals surface area contributed by atoms with Crippen LogP contribution in [0, 0.1) is 6.92 Å². The van der Waals surface area contributed by atoms with Crippen molar-refractivity contribution in [1.29, 1.82) is 0 Å². The largest absolute Gasteiger partial charge is 0.438 e. The van der Waals surface area contributed by atoms with Crippen molar-refractivity contribution in [1.82, 2.24) is 5.27 Å². The van der Waals surface area contributed by atoms with Gasteiger partial charge in [0, 0.05) is 23.4 Å². The number of amides is 1. The molecule has 3 N–H and O–H groups in total. The number of aryl methyl sites for hydroxylation is 1. The highest BCUT2D eigenvalue weighted by Crippen LogP contribution is 2.38. The maximum Gasteiger partial charge on any atom is 0.438 e. The highest BCUT2D eigenvalue weighted by molar-refractivity contribution is 6.08. The Morgan fingerprint density at radius 1 is 1.15 bits per heavy atom. The molecule has 0 saturated heterocycles. The predicted octanol–water partition coefficient (Wildman–Crippen LogP) is 0.966. The highest BCUT2D eigenvalue weighted by Gasteiger charge is 2.49. The van der Waals surface area contributed by atoms with Crippen LogP contribution in [-0.2, 0) is 10.4 Å². The minimum Gasteiger partial charge on any atom is -0.375 e. The number of benzene rings is 2. The molecule has 0 spiro atoms. The first-order chi connectivity index (χ1) is 12.9. The number of aromatic nitrogens is 2. The molecule has 0 fully saturated rings. The summed E-state index contributed by atoms with van der Waals surface area (Å²) in [6.45, 7) is 1.91. The lowest BCUT2D eigenvalue weighted by atomic mass is 9.89. The Labute approximate surface area is 153 Å². The van der Waals surface area contributed by atoms with E-state index < -0.39 is 29.3 Å². The first kappa shape index (κ1) is 16.9. The standard InChI is InChI=1S/C19H15N3O5/c1-11-6-8-12(9-7-11)22-16(17(24)27-21-22)15(23)10-19(26)13-4-2-3-5-14(13)20-18(19)25/h2-9,26H,10H2,1H3,(H-,20,21,23,24,25)/p+1. The molecule has 0 radical (unpaired) electrons. The Morgan fingerprint density at radius 3 is 2.59 bits per heavy atom. The molecular weight excluding hydrogens is 350 g/mol. The van der Waals surface area contributed by atoms with E-state index >= 15 is 0 Å². The molecule has 1 aliphatic rings. The number of rotatable bonds is 4. The zero-order chi connectivity index (χ0) is 19.2. The summed E-state index contributed by atoms with van der Waals surface area (Å²) in [7, 11) is 0. The number of para-hydroxylation sites is 1. The van der Waals surface area contributed by atoms with Crippen LogP contribution in [0.2, 0.25) is 0 Å². The van der Waals surface area contributed by atoms with Crippen LogP contribution in [0.25, 0.3) is 5.69 Å². The van der Waals surface area contributed by atoms with E-state index in [0.717, 1.165) is 5.56 Å². The molecule has 1 unspecified atom stereocenters. The number of hydrogen-bond acceptors (Lipinski definition) is 5. The maximum absolute atomic E-state index is 12.9. The van der Waals surface area contributed by atoms with Gasteiger partial charge in [0.1, 0.15) is 0 Å². The number of aromatic amines is 1. The van der Waals surface area contributed by atoms with Crippen LogP contribution < -0.4 is 15.6 Å². The van der Waals surface area contributed by atoms with Gasteiger partial charge < -0.3 is 10.4 Å². The van der Waals surface area contributed by atoms with Crippen molar-refractivity contribution in [3.8, 4) is 5.69 Å². The van der Waals surface area contributed by atoms with Crippen molar-refractivity contribution in [2.24, 2.45) is 0 Å². The number of hydrogen-bond donors (Lipinski definition) is 3. The zero-order valence-corrected chi connectivity index (χ0v) is 14.4. The number of H-pyrrole nitrogens is 1. The Bertz CT molecular complexity index is 1110. The van der Waals surface area contributed by atoms with E-state index in [4.69, 9.17) is 4.52 Å². The quantitative estimate of drug-likeness (QED) is 0.470. The van der Waals surface area contributed by atoms with Crippen molar-refractivity contribution >= 4 is 17.4 Å². The first-order valence-electron chi connectivity index (χ1n) is 8.27. The van der Waals surface area contributed by atoms with E-state index in [1.807, 2.05) is 19.1 Å². The minimum atomic E-state index is -2.05. The Morgan fingerprint density at radius 2 is 1.85 bits per heavy atom. The molecule has 2 aromatic carbocycles. The van der Waals surface area contributed by atoms with E-state index in [2.05, 4.69) is 10.6 Å².